The molecular formula is C27H6ClN5O. The van der Waals surface area contributed by atoms with Crippen molar-refractivity contribution in [2.24, 2.45) is 0 Å². The molecule has 7 heteroatoms. The standard InChI is InChI=1S/C27H6ClN5O/c1-2-3-4-5-6-7-8-9-10-11-12-13-14-15-16-17-18-31-27(34)33-32-26-20-24(22-30)23(21-29)19-25(26)28/h1,19-20,32H,(H2,31,33,34). The molecule has 0 saturated carbocycles. The number of halogens is 1. The molecule has 0 radical (unpaired) electrons. The maximum absolute atomic E-state index is 11.7. The minimum Gasteiger partial charge on any atom is -0.296 e. The fourth-order valence-electron chi connectivity index (χ4n) is 1.57. The minimum absolute atomic E-state index is 0.103. The smallest absolute Gasteiger partial charge is 0.296 e. The molecule has 1 aromatic carbocycles. The zero-order chi connectivity index (χ0) is 24.9. The summed E-state index contributed by atoms with van der Waals surface area (Å²) in [6.07, 6.45) is 4.92. The van der Waals surface area contributed by atoms with E-state index < -0.39 is 6.03 Å². The zero-order valence-corrected chi connectivity index (χ0v) is 17.7. The number of amides is 2. The summed E-state index contributed by atoms with van der Waals surface area (Å²) in [5.74, 6) is 38.4. The first-order chi connectivity index (χ1) is 16.6. The van der Waals surface area contributed by atoms with Crippen molar-refractivity contribution in [3.8, 4) is 119 Å². The van der Waals surface area contributed by atoms with Crippen molar-refractivity contribution in [1.82, 2.24) is 10.7 Å². The first kappa shape index (κ1) is 25.6. The van der Waals surface area contributed by atoms with E-state index in [0.717, 1.165) is 0 Å². The van der Waals surface area contributed by atoms with Crippen LogP contribution in [-0.2, 0) is 0 Å². The Labute approximate surface area is 202 Å². The van der Waals surface area contributed by atoms with E-state index in [2.05, 4.69) is 117 Å². The van der Waals surface area contributed by atoms with Gasteiger partial charge in [-0.25, -0.2) is 4.79 Å². The number of carbonyl (C=O) groups excluding carboxylic acids is 1. The van der Waals surface area contributed by atoms with E-state index in [9.17, 15) is 4.79 Å². The Kier molecular flexibility index (Phi) is 12.4. The summed E-state index contributed by atoms with van der Waals surface area (Å²) in [5, 5.41) is 20.3. The van der Waals surface area contributed by atoms with Crippen LogP contribution in [0.25, 0.3) is 0 Å². The number of nitrogens with one attached hydrogen (secondary N) is 3. The zero-order valence-electron chi connectivity index (χ0n) is 16.9. The van der Waals surface area contributed by atoms with Crippen molar-refractivity contribution < 1.29 is 4.79 Å². The number of anilines is 1. The van der Waals surface area contributed by atoms with Gasteiger partial charge in [0.05, 0.1) is 21.8 Å². The second kappa shape index (κ2) is 16.4. The molecule has 34 heavy (non-hydrogen) atoms. The lowest BCUT2D eigenvalue weighted by molar-refractivity contribution is 0.246. The van der Waals surface area contributed by atoms with E-state index in [4.69, 9.17) is 28.5 Å². The van der Waals surface area contributed by atoms with Gasteiger partial charge in [-0.05, 0) is 59.5 Å². The molecule has 6 nitrogen and oxygen atoms in total. The lowest BCUT2D eigenvalue weighted by Crippen LogP contribution is -2.36. The molecule has 1 rings (SSSR count). The Bertz CT molecular complexity index is 1640. The van der Waals surface area contributed by atoms with E-state index in [-0.39, 0.29) is 21.8 Å². The number of urea groups is 1. The minimum atomic E-state index is -0.710. The van der Waals surface area contributed by atoms with Crippen molar-refractivity contribution in [2.75, 3.05) is 5.43 Å². The van der Waals surface area contributed by atoms with Crippen LogP contribution in [0.1, 0.15) is 11.1 Å². The van der Waals surface area contributed by atoms with Gasteiger partial charge < -0.3 is 0 Å². The van der Waals surface area contributed by atoms with Gasteiger partial charge in [-0.2, -0.15) is 10.5 Å². The Hall–Kier alpha value is -6.40. The first-order valence-electron chi connectivity index (χ1n) is 8.53. The molecule has 0 atom stereocenters. The molecule has 0 heterocycles. The van der Waals surface area contributed by atoms with E-state index in [0.29, 0.717) is 0 Å². The van der Waals surface area contributed by atoms with Gasteiger partial charge in [0.2, 0.25) is 0 Å². The average molecular weight is 452 g/mol. The second-order valence-electron chi connectivity index (χ2n) is 4.95. The van der Waals surface area contributed by atoms with Crippen LogP contribution in [0.5, 0.6) is 0 Å². The van der Waals surface area contributed by atoms with E-state index in [1.807, 2.05) is 12.1 Å². The van der Waals surface area contributed by atoms with Gasteiger partial charge in [-0.15, -0.1) is 6.42 Å². The maximum atomic E-state index is 11.7. The topological polar surface area (TPSA) is 101 Å². The molecule has 1 aromatic rings. The molecule has 152 valence electrons. The first-order valence-corrected chi connectivity index (χ1v) is 8.91. The fraction of sp³-hybridized carbons (Fsp3) is 0. The molecule has 0 spiro atoms. The van der Waals surface area contributed by atoms with Crippen LogP contribution < -0.4 is 16.2 Å². The normalized spacial score (nSPS) is 6.29. The summed E-state index contributed by atoms with van der Waals surface area (Å²) >= 11 is 5.98. The number of rotatable bonds is 2. The van der Waals surface area contributed by atoms with Crippen molar-refractivity contribution in [1.29, 1.82) is 10.5 Å². The summed E-state index contributed by atoms with van der Waals surface area (Å²) in [7, 11) is 0. The maximum Gasteiger partial charge on any atom is 0.345 e. The predicted molar refractivity (Wildman–Crippen MR) is 127 cm³/mol. The molecule has 0 fully saturated rings. The van der Waals surface area contributed by atoms with Gasteiger partial charge >= 0.3 is 6.03 Å². The third-order valence-corrected chi connectivity index (χ3v) is 3.16. The average Bonchev–Trinajstić information content (AvgIpc) is 2.84. The van der Waals surface area contributed by atoms with Crippen LogP contribution in [-0.4, -0.2) is 6.03 Å². The lowest BCUT2D eigenvalue weighted by Gasteiger charge is -2.10. The molecule has 2 amide bonds. The summed E-state index contributed by atoms with van der Waals surface area (Å²) in [6, 6.07) is 7.93. The number of nitriles is 2. The van der Waals surface area contributed by atoms with Gasteiger partial charge in [-0.1, -0.05) is 11.6 Å². The highest BCUT2D eigenvalue weighted by atomic mass is 35.5. The summed E-state index contributed by atoms with van der Waals surface area (Å²) < 4.78 is 0. The monoisotopic (exact) mass is 451 g/mol. The highest BCUT2D eigenvalue weighted by Gasteiger charge is 2.08. The number of carbonyl (C=O) groups is 1. The Balaban J connectivity index is 2.49. The molecular weight excluding hydrogens is 446 g/mol. The third kappa shape index (κ3) is 11.0. The van der Waals surface area contributed by atoms with Crippen LogP contribution >= 0.6 is 11.6 Å². The summed E-state index contributed by atoms with van der Waals surface area (Å²) in [4.78, 5) is 11.7. The third-order valence-electron chi connectivity index (χ3n) is 2.84. The highest BCUT2D eigenvalue weighted by Crippen LogP contribution is 2.25. The number of nitrogens with zero attached hydrogens (tertiary/aromatic N) is 2. The van der Waals surface area contributed by atoms with Gasteiger partial charge in [0.15, 0.2) is 0 Å². The lowest BCUT2D eigenvalue weighted by atomic mass is 10.1. The van der Waals surface area contributed by atoms with Gasteiger partial charge in [0, 0.05) is 53.4 Å². The van der Waals surface area contributed by atoms with E-state index >= 15 is 0 Å². The van der Waals surface area contributed by atoms with E-state index in [1.54, 1.807) is 0 Å². The van der Waals surface area contributed by atoms with Crippen molar-refractivity contribution >= 4 is 23.3 Å². The van der Waals surface area contributed by atoms with Crippen molar-refractivity contribution in [2.45, 2.75) is 0 Å². The molecule has 0 saturated heterocycles. The molecule has 0 aliphatic heterocycles. The van der Waals surface area contributed by atoms with Gasteiger partial charge in [0.25, 0.3) is 0 Å². The number of hydrogen-bond acceptors (Lipinski definition) is 4. The van der Waals surface area contributed by atoms with Gasteiger partial charge in [-0.3, -0.25) is 16.2 Å². The number of hydrogen-bond donors (Lipinski definition) is 3. The molecule has 0 aromatic heterocycles. The van der Waals surface area contributed by atoms with Gasteiger partial charge in [0.1, 0.15) is 12.1 Å². The summed E-state index contributed by atoms with van der Waals surface area (Å²) in [6.45, 7) is 0. The summed E-state index contributed by atoms with van der Waals surface area (Å²) in [5.41, 5.74) is 5.23. The predicted octanol–water partition coefficient (Wildman–Crippen LogP) is 1.33. The largest absolute Gasteiger partial charge is 0.345 e. The van der Waals surface area contributed by atoms with E-state index in [1.165, 1.54) is 12.1 Å². The van der Waals surface area contributed by atoms with Crippen LogP contribution in [0, 0.1) is 130 Å². The Morgan fingerprint density at radius 3 is 1.65 bits per heavy atom. The molecule has 0 bridgehead atoms. The van der Waals surface area contributed by atoms with Crippen LogP contribution in [0.4, 0.5) is 10.5 Å². The SMILES string of the molecule is C#CC#CC#CC#CC#CC#CC#CC#CC#CNC(=O)NNc1cc(C#N)c(C#N)cc1Cl. The Morgan fingerprint density at radius 1 is 0.735 bits per heavy atom. The number of benzene rings is 1. The quantitative estimate of drug-likeness (QED) is 0.359. The highest BCUT2D eigenvalue weighted by molar-refractivity contribution is 6.33. The second-order valence-corrected chi connectivity index (χ2v) is 5.36. The molecule has 3 N–H and O–H groups in total. The van der Waals surface area contributed by atoms with Crippen LogP contribution in [0.2, 0.25) is 5.02 Å². The molecule has 0 aliphatic carbocycles. The molecule has 0 aliphatic rings. The van der Waals surface area contributed by atoms with Crippen molar-refractivity contribution in [3.63, 3.8) is 0 Å². The van der Waals surface area contributed by atoms with Crippen molar-refractivity contribution in [3.05, 3.63) is 28.3 Å². The Morgan fingerprint density at radius 2 is 1.18 bits per heavy atom. The fourth-order valence-corrected chi connectivity index (χ4v) is 1.78. The van der Waals surface area contributed by atoms with Crippen LogP contribution in [0.15, 0.2) is 12.1 Å². The number of hydrazine groups is 1. The number of terminal acetylenes is 1. The van der Waals surface area contributed by atoms with Crippen LogP contribution in [0.3, 0.4) is 0 Å². The molecule has 0 unspecified atom stereocenters.